The summed E-state index contributed by atoms with van der Waals surface area (Å²) in [5.41, 5.74) is 0. The number of carbonyl (C=O) groups excluding carboxylic acids is 1. The number of hydrogen-bond acceptors (Lipinski definition) is 6. The van der Waals surface area contributed by atoms with E-state index in [0.29, 0.717) is 6.42 Å². The molecule has 0 aliphatic rings. The van der Waals surface area contributed by atoms with Crippen LogP contribution < -0.4 is 4.18 Å². The first kappa shape index (κ1) is 20.4. The SMILES string of the molecule is CCCCCCCCC(OC)C(=O)OS(=O)(=O)Oc1ccccc1. The van der Waals surface area contributed by atoms with Crippen molar-refractivity contribution < 1.29 is 26.3 Å². The van der Waals surface area contributed by atoms with E-state index in [2.05, 4.69) is 11.1 Å². The highest BCUT2D eigenvalue weighted by Gasteiger charge is 2.27. The Balaban J connectivity index is 2.42. The first-order valence-electron chi connectivity index (χ1n) is 8.24. The Labute approximate surface area is 144 Å². The number of para-hydroxylation sites is 1. The molecule has 0 aliphatic carbocycles. The van der Waals surface area contributed by atoms with Crippen LogP contribution in [0.3, 0.4) is 0 Å². The average Bonchev–Trinajstić information content (AvgIpc) is 2.54. The molecule has 1 atom stereocenters. The molecule has 0 radical (unpaired) electrons. The molecule has 0 spiro atoms. The van der Waals surface area contributed by atoms with Gasteiger partial charge in [0.25, 0.3) is 0 Å². The van der Waals surface area contributed by atoms with E-state index in [-0.39, 0.29) is 5.75 Å². The third-order valence-electron chi connectivity index (χ3n) is 3.49. The summed E-state index contributed by atoms with van der Waals surface area (Å²) >= 11 is 0. The summed E-state index contributed by atoms with van der Waals surface area (Å²) in [4.78, 5) is 11.9. The lowest BCUT2D eigenvalue weighted by Crippen LogP contribution is -2.29. The third-order valence-corrected chi connectivity index (χ3v) is 4.26. The Bertz CT molecular complexity index is 570. The summed E-state index contributed by atoms with van der Waals surface area (Å²) < 4.78 is 37.7. The van der Waals surface area contributed by atoms with Gasteiger partial charge in [-0.15, -0.1) is 8.42 Å². The van der Waals surface area contributed by atoms with E-state index in [1.807, 2.05) is 0 Å². The van der Waals surface area contributed by atoms with Gasteiger partial charge < -0.3 is 13.1 Å². The summed E-state index contributed by atoms with van der Waals surface area (Å²) in [5, 5.41) is 0. The first-order valence-corrected chi connectivity index (χ1v) is 9.57. The van der Waals surface area contributed by atoms with Crippen LogP contribution >= 0.6 is 0 Å². The van der Waals surface area contributed by atoms with E-state index in [4.69, 9.17) is 8.92 Å². The van der Waals surface area contributed by atoms with Crippen LogP contribution in [0.15, 0.2) is 30.3 Å². The molecule has 0 aliphatic heterocycles. The fraction of sp³-hybridized carbons (Fsp3) is 0.588. The number of unbranched alkanes of at least 4 members (excludes halogenated alkanes) is 5. The summed E-state index contributed by atoms with van der Waals surface area (Å²) in [6.07, 6.45) is 5.88. The first-order chi connectivity index (χ1) is 11.5. The standard InChI is InChI=1S/C17H26O6S/c1-3-4-5-6-7-11-14-16(21-2)17(18)23-24(19,20)22-15-12-9-8-10-13-15/h8-10,12-13,16H,3-7,11,14H2,1-2H3. The monoisotopic (exact) mass is 358 g/mol. The van der Waals surface area contributed by atoms with E-state index < -0.39 is 22.5 Å². The van der Waals surface area contributed by atoms with E-state index in [1.165, 1.54) is 32.1 Å². The van der Waals surface area contributed by atoms with Gasteiger partial charge in [-0.3, -0.25) is 0 Å². The zero-order valence-electron chi connectivity index (χ0n) is 14.3. The van der Waals surface area contributed by atoms with Crippen LogP contribution in [0.2, 0.25) is 0 Å². The summed E-state index contributed by atoms with van der Waals surface area (Å²) in [6.45, 7) is 2.15. The molecule has 0 aromatic heterocycles. The summed E-state index contributed by atoms with van der Waals surface area (Å²) in [6, 6.07) is 7.85. The minimum absolute atomic E-state index is 0.0789. The quantitative estimate of drug-likeness (QED) is 0.531. The highest BCUT2D eigenvalue weighted by molar-refractivity contribution is 7.82. The number of hydrogen-bond donors (Lipinski definition) is 0. The molecule has 0 N–H and O–H groups in total. The predicted octanol–water partition coefficient (Wildman–Crippen LogP) is 3.62. The zero-order chi connectivity index (χ0) is 17.8. The second-order valence-corrected chi connectivity index (χ2v) is 6.64. The molecule has 0 amide bonds. The molecule has 1 unspecified atom stereocenters. The van der Waals surface area contributed by atoms with Crippen molar-refractivity contribution in [3.8, 4) is 5.75 Å². The van der Waals surface area contributed by atoms with Crippen LogP contribution in [0.1, 0.15) is 51.9 Å². The molecule has 1 rings (SSSR count). The van der Waals surface area contributed by atoms with Gasteiger partial charge in [0.1, 0.15) is 5.75 Å². The topological polar surface area (TPSA) is 78.9 Å². The Morgan fingerprint density at radius 1 is 1.04 bits per heavy atom. The minimum Gasteiger partial charge on any atom is -0.370 e. The lowest BCUT2D eigenvalue weighted by Gasteiger charge is -2.14. The molecule has 0 saturated carbocycles. The van der Waals surface area contributed by atoms with Crippen molar-refractivity contribution in [2.24, 2.45) is 0 Å². The van der Waals surface area contributed by atoms with Crippen LogP contribution in [0.25, 0.3) is 0 Å². The van der Waals surface area contributed by atoms with Crippen LogP contribution in [0.4, 0.5) is 0 Å². The fourth-order valence-electron chi connectivity index (χ4n) is 2.21. The van der Waals surface area contributed by atoms with Crippen LogP contribution in [-0.4, -0.2) is 27.6 Å². The second kappa shape index (κ2) is 11.0. The third kappa shape index (κ3) is 8.31. The molecule has 136 valence electrons. The summed E-state index contributed by atoms with van der Waals surface area (Å²) in [7, 11) is -3.11. The van der Waals surface area contributed by atoms with Gasteiger partial charge in [0, 0.05) is 7.11 Å². The number of benzene rings is 1. The lowest BCUT2D eigenvalue weighted by molar-refractivity contribution is -0.145. The number of rotatable bonds is 12. The van der Waals surface area contributed by atoms with E-state index in [1.54, 1.807) is 18.2 Å². The average molecular weight is 358 g/mol. The lowest BCUT2D eigenvalue weighted by atomic mass is 10.1. The van der Waals surface area contributed by atoms with Gasteiger partial charge in [-0.1, -0.05) is 63.6 Å². The smallest absolute Gasteiger partial charge is 0.370 e. The van der Waals surface area contributed by atoms with Gasteiger partial charge >= 0.3 is 16.4 Å². The summed E-state index contributed by atoms with van der Waals surface area (Å²) in [5.74, 6) is -0.878. The van der Waals surface area contributed by atoms with Gasteiger partial charge in [-0.05, 0) is 18.6 Å². The van der Waals surface area contributed by atoms with Crippen molar-refractivity contribution in [3.05, 3.63) is 30.3 Å². The largest absolute Gasteiger partial charge is 0.503 e. The number of methoxy groups -OCH3 is 1. The van der Waals surface area contributed by atoms with Crippen molar-refractivity contribution in [1.29, 1.82) is 0 Å². The molecule has 1 aromatic rings. The van der Waals surface area contributed by atoms with Crippen LogP contribution in [-0.2, 0) is 24.1 Å². The van der Waals surface area contributed by atoms with Crippen molar-refractivity contribution in [2.75, 3.05) is 7.11 Å². The Morgan fingerprint density at radius 3 is 2.29 bits per heavy atom. The van der Waals surface area contributed by atoms with Crippen LogP contribution in [0.5, 0.6) is 5.75 Å². The maximum atomic E-state index is 11.9. The van der Waals surface area contributed by atoms with Gasteiger partial charge in [0.2, 0.25) is 0 Å². The highest BCUT2D eigenvalue weighted by atomic mass is 32.3. The number of carbonyl (C=O) groups is 1. The number of ether oxygens (including phenoxy) is 1. The second-order valence-electron chi connectivity index (χ2n) is 5.49. The highest BCUT2D eigenvalue weighted by Crippen LogP contribution is 2.15. The Kier molecular flexibility index (Phi) is 9.41. The van der Waals surface area contributed by atoms with Gasteiger partial charge in [0.05, 0.1) is 0 Å². The van der Waals surface area contributed by atoms with Crippen molar-refractivity contribution in [1.82, 2.24) is 0 Å². The maximum absolute atomic E-state index is 11.9. The van der Waals surface area contributed by atoms with E-state index in [0.717, 1.165) is 25.7 Å². The molecular weight excluding hydrogens is 332 g/mol. The van der Waals surface area contributed by atoms with Crippen molar-refractivity contribution >= 4 is 16.4 Å². The molecule has 1 aromatic carbocycles. The van der Waals surface area contributed by atoms with E-state index >= 15 is 0 Å². The molecule has 6 nitrogen and oxygen atoms in total. The van der Waals surface area contributed by atoms with Gasteiger partial charge in [-0.2, -0.15) is 0 Å². The van der Waals surface area contributed by atoms with Gasteiger partial charge in [-0.25, -0.2) is 4.79 Å². The molecule has 0 bridgehead atoms. The molecule has 0 heterocycles. The molecule has 7 heteroatoms. The van der Waals surface area contributed by atoms with Crippen molar-refractivity contribution in [2.45, 2.75) is 58.0 Å². The Hall–Kier alpha value is -1.60. The van der Waals surface area contributed by atoms with Crippen LogP contribution in [0, 0.1) is 0 Å². The van der Waals surface area contributed by atoms with E-state index in [9.17, 15) is 13.2 Å². The molecular formula is C17H26O6S. The maximum Gasteiger partial charge on any atom is 0.503 e. The predicted molar refractivity (Wildman–Crippen MR) is 90.9 cm³/mol. The normalized spacial score (nSPS) is 12.6. The van der Waals surface area contributed by atoms with Gasteiger partial charge in [0.15, 0.2) is 6.10 Å². The zero-order valence-corrected chi connectivity index (χ0v) is 15.1. The molecule has 0 fully saturated rings. The van der Waals surface area contributed by atoms with Crippen molar-refractivity contribution in [3.63, 3.8) is 0 Å². The minimum atomic E-state index is -4.46. The Morgan fingerprint density at radius 2 is 1.67 bits per heavy atom. The molecule has 0 saturated heterocycles. The fourth-order valence-corrected chi connectivity index (χ4v) is 2.90. The molecule has 24 heavy (non-hydrogen) atoms.